The average molecular weight is 288 g/mol. The lowest BCUT2D eigenvalue weighted by Gasteiger charge is -2.16. The Morgan fingerprint density at radius 2 is 2.22 bits per heavy atom. The molecule has 4 nitrogen and oxygen atoms in total. The number of hydrogen-bond acceptors (Lipinski definition) is 4. The molecule has 0 radical (unpaired) electrons. The van der Waals surface area contributed by atoms with Gasteiger partial charge in [0.2, 0.25) is 0 Å². The minimum atomic E-state index is -0.170. The fourth-order valence-electron chi connectivity index (χ4n) is 1.73. The van der Waals surface area contributed by atoms with E-state index in [0.29, 0.717) is 17.3 Å². The maximum atomic E-state index is 12.1. The first kappa shape index (κ1) is 13.7. The number of alkyl halides is 1. The molecule has 1 atom stereocenters. The van der Waals surface area contributed by atoms with E-state index in [1.807, 2.05) is 20.8 Å². The van der Waals surface area contributed by atoms with Crippen LogP contribution in [0.3, 0.4) is 0 Å². The first-order valence-electron chi connectivity index (χ1n) is 6.14. The maximum Gasteiger partial charge on any atom is 0.265 e. The van der Waals surface area contributed by atoms with Crippen LogP contribution in [-0.2, 0) is 5.41 Å². The Kier molecular flexibility index (Phi) is 3.92. The van der Waals surface area contributed by atoms with Crippen LogP contribution in [0, 0.1) is 5.92 Å². The summed E-state index contributed by atoms with van der Waals surface area (Å²) in [5.74, 6) is 0.467. The molecule has 0 spiro atoms. The third-order valence-corrected chi connectivity index (χ3v) is 4.23. The first-order chi connectivity index (χ1) is 8.39. The summed E-state index contributed by atoms with van der Waals surface area (Å²) in [7, 11) is 0. The summed E-state index contributed by atoms with van der Waals surface area (Å²) < 4.78 is 3.88. The standard InChI is InChI=1S/C12H18ClN3OS/c1-12(2,3)10-9(18-16-15-10)11(17)14-6-8(13)7-4-5-7/h7-8H,4-6H2,1-3H3,(H,14,17). The number of nitrogens with zero attached hydrogens (tertiary/aromatic N) is 2. The summed E-state index contributed by atoms with van der Waals surface area (Å²) >= 11 is 7.31. The number of nitrogens with one attached hydrogen (secondary N) is 1. The third kappa shape index (κ3) is 3.20. The molecule has 1 saturated carbocycles. The molecule has 0 bridgehead atoms. The largest absolute Gasteiger partial charge is 0.350 e. The van der Waals surface area contributed by atoms with Gasteiger partial charge in [-0.1, -0.05) is 25.3 Å². The van der Waals surface area contributed by atoms with Crippen molar-refractivity contribution in [2.24, 2.45) is 5.92 Å². The molecule has 1 aromatic heterocycles. The van der Waals surface area contributed by atoms with Gasteiger partial charge in [0.05, 0.1) is 11.1 Å². The average Bonchev–Trinajstić information content (AvgIpc) is 3.00. The Morgan fingerprint density at radius 3 is 2.78 bits per heavy atom. The van der Waals surface area contributed by atoms with E-state index in [-0.39, 0.29) is 16.7 Å². The van der Waals surface area contributed by atoms with E-state index in [2.05, 4.69) is 14.9 Å². The van der Waals surface area contributed by atoms with E-state index in [0.717, 1.165) is 17.2 Å². The van der Waals surface area contributed by atoms with Crippen LogP contribution < -0.4 is 5.32 Å². The Hall–Kier alpha value is -0.680. The molecular weight excluding hydrogens is 270 g/mol. The van der Waals surface area contributed by atoms with Crippen LogP contribution in [0.1, 0.15) is 49.0 Å². The first-order valence-corrected chi connectivity index (χ1v) is 7.35. The van der Waals surface area contributed by atoms with Crippen molar-refractivity contribution >= 4 is 29.0 Å². The molecule has 0 saturated heterocycles. The van der Waals surface area contributed by atoms with Crippen LogP contribution in [0.25, 0.3) is 0 Å². The van der Waals surface area contributed by atoms with Gasteiger partial charge in [-0.25, -0.2) is 0 Å². The molecule has 1 fully saturated rings. The van der Waals surface area contributed by atoms with Gasteiger partial charge < -0.3 is 5.32 Å². The molecule has 100 valence electrons. The number of rotatable bonds is 4. The van der Waals surface area contributed by atoms with Gasteiger partial charge in [0.25, 0.3) is 5.91 Å². The molecule has 2 rings (SSSR count). The number of hydrogen-bond donors (Lipinski definition) is 1. The molecule has 6 heteroatoms. The van der Waals surface area contributed by atoms with Crippen molar-refractivity contribution in [2.45, 2.75) is 44.4 Å². The quantitative estimate of drug-likeness (QED) is 0.866. The predicted octanol–water partition coefficient (Wildman–Crippen LogP) is 2.58. The van der Waals surface area contributed by atoms with E-state index in [4.69, 9.17) is 11.6 Å². The SMILES string of the molecule is CC(C)(C)c1nnsc1C(=O)NCC(Cl)C1CC1. The van der Waals surface area contributed by atoms with Crippen LogP contribution >= 0.6 is 23.1 Å². The van der Waals surface area contributed by atoms with Gasteiger partial charge in [-0.2, -0.15) is 0 Å². The van der Waals surface area contributed by atoms with Gasteiger partial charge in [-0.05, 0) is 30.3 Å². The van der Waals surface area contributed by atoms with Gasteiger partial charge in [-0.3, -0.25) is 4.79 Å². The number of amides is 1. The topological polar surface area (TPSA) is 54.9 Å². The van der Waals surface area contributed by atoms with Crippen molar-refractivity contribution in [1.82, 2.24) is 14.9 Å². The molecular formula is C12H18ClN3OS. The second-order valence-corrected chi connectivity index (χ2v) is 7.08. The van der Waals surface area contributed by atoms with Crippen molar-refractivity contribution in [3.63, 3.8) is 0 Å². The van der Waals surface area contributed by atoms with E-state index in [9.17, 15) is 4.79 Å². The lowest BCUT2D eigenvalue weighted by Crippen LogP contribution is -2.31. The highest BCUT2D eigenvalue weighted by atomic mass is 35.5. The highest BCUT2D eigenvalue weighted by Gasteiger charge is 2.31. The van der Waals surface area contributed by atoms with Crippen molar-refractivity contribution in [2.75, 3.05) is 6.54 Å². The minimum Gasteiger partial charge on any atom is -0.350 e. The van der Waals surface area contributed by atoms with E-state index >= 15 is 0 Å². The van der Waals surface area contributed by atoms with Crippen LogP contribution in [-0.4, -0.2) is 27.4 Å². The second-order valence-electron chi connectivity index (χ2n) is 5.76. The summed E-state index contributed by atoms with van der Waals surface area (Å²) in [5, 5.41) is 6.98. The normalized spacial score (nSPS) is 17.6. The molecule has 0 aromatic carbocycles. The zero-order valence-corrected chi connectivity index (χ0v) is 12.4. The van der Waals surface area contributed by atoms with Gasteiger partial charge >= 0.3 is 0 Å². The minimum absolute atomic E-state index is 0.0490. The van der Waals surface area contributed by atoms with E-state index in [1.165, 1.54) is 12.8 Å². The zero-order chi connectivity index (χ0) is 13.3. The Morgan fingerprint density at radius 1 is 1.56 bits per heavy atom. The van der Waals surface area contributed by atoms with Gasteiger partial charge in [0, 0.05) is 12.0 Å². The molecule has 0 aliphatic heterocycles. The lowest BCUT2D eigenvalue weighted by molar-refractivity contribution is 0.0954. The Labute approximate surface area is 116 Å². The third-order valence-electron chi connectivity index (χ3n) is 3.00. The lowest BCUT2D eigenvalue weighted by atomic mass is 9.91. The van der Waals surface area contributed by atoms with Gasteiger partial charge in [-0.15, -0.1) is 16.7 Å². The van der Waals surface area contributed by atoms with Crippen LogP contribution in [0.2, 0.25) is 0 Å². The number of aromatic nitrogens is 2. The fraction of sp³-hybridized carbons (Fsp3) is 0.750. The molecule has 18 heavy (non-hydrogen) atoms. The van der Waals surface area contributed by atoms with E-state index < -0.39 is 0 Å². The Balaban J connectivity index is 1.98. The van der Waals surface area contributed by atoms with Crippen molar-refractivity contribution in [3.8, 4) is 0 Å². The predicted molar refractivity (Wildman–Crippen MR) is 73.3 cm³/mol. The highest BCUT2D eigenvalue weighted by molar-refractivity contribution is 7.08. The molecule has 1 amide bonds. The number of halogens is 1. The van der Waals surface area contributed by atoms with Crippen LogP contribution in [0.4, 0.5) is 0 Å². The second kappa shape index (κ2) is 5.13. The summed E-state index contributed by atoms with van der Waals surface area (Å²) in [6.45, 7) is 6.59. The van der Waals surface area contributed by atoms with Gasteiger partial charge in [0.1, 0.15) is 4.88 Å². The fourth-order valence-corrected chi connectivity index (χ4v) is 2.85. The van der Waals surface area contributed by atoms with Crippen LogP contribution in [0.5, 0.6) is 0 Å². The van der Waals surface area contributed by atoms with Crippen molar-refractivity contribution in [3.05, 3.63) is 10.6 Å². The smallest absolute Gasteiger partial charge is 0.265 e. The summed E-state index contributed by atoms with van der Waals surface area (Å²) in [6, 6.07) is 0. The highest BCUT2D eigenvalue weighted by Crippen LogP contribution is 2.35. The molecule has 1 heterocycles. The molecule has 1 unspecified atom stereocenters. The monoisotopic (exact) mass is 287 g/mol. The summed E-state index contributed by atoms with van der Waals surface area (Å²) in [5.41, 5.74) is 0.582. The Bertz CT molecular complexity index is 437. The van der Waals surface area contributed by atoms with E-state index in [1.54, 1.807) is 0 Å². The number of carbonyl (C=O) groups is 1. The summed E-state index contributed by atoms with van der Waals surface area (Å²) in [4.78, 5) is 12.7. The summed E-state index contributed by atoms with van der Waals surface area (Å²) in [6.07, 6.45) is 2.36. The molecule has 1 N–H and O–H groups in total. The van der Waals surface area contributed by atoms with Crippen molar-refractivity contribution in [1.29, 1.82) is 0 Å². The maximum absolute atomic E-state index is 12.1. The van der Waals surface area contributed by atoms with Crippen LogP contribution in [0.15, 0.2) is 0 Å². The number of carbonyl (C=O) groups excluding carboxylic acids is 1. The zero-order valence-electron chi connectivity index (χ0n) is 10.9. The molecule has 1 aliphatic carbocycles. The molecule has 1 aliphatic rings. The van der Waals surface area contributed by atoms with Gasteiger partial charge in [0.15, 0.2) is 0 Å². The molecule has 1 aromatic rings. The van der Waals surface area contributed by atoms with Crippen molar-refractivity contribution < 1.29 is 4.79 Å².